The van der Waals surface area contributed by atoms with E-state index in [9.17, 15) is 14.9 Å². The zero-order valence-electron chi connectivity index (χ0n) is 18.0. The Morgan fingerprint density at radius 2 is 1.97 bits per heavy atom. The molecule has 0 saturated carbocycles. The Morgan fingerprint density at radius 1 is 1.12 bits per heavy atom. The van der Waals surface area contributed by atoms with Crippen molar-refractivity contribution < 1.29 is 14.0 Å². The van der Waals surface area contributed by atoms with Crippen LogP contribution in [0, 0.1) is 18.3 Å². The summed E-state index contributed by atoms with van der Waals surface area (Å²) in [6.45, 7) is 2.24. The van der Waals surface area contributed by atoms with E-state index < -0.39 is 5.91 Å². The third-order valence-corrected chi connectivity index (χ3v) is 5.10. The van der Waals surface area contributed by atoms with Gasteiger partial charge in [-0.15, -0.1) is 0 Å². The monoisotopic (exact) mass is 438 g/mol. The van der Waals surface area contributed by atoms with Crippen LogP contribution in [-0.4, -0.2) is 16.4 Å². The summed E-state index contributed by atoms with van der Waals surface area (Å²) in [5.41, 5.74) is 3.27. The van der Waals surface area contributed by atoms with E-state index >= 15 is 0 Å². The molecule has 0 fully saturated rings. The van der Waals surface area contributed by atoms with Crippen molar-refractivity contribution in [3.05, 3.63) is 95.6 Å². The van der Waals surface area contributed by atoms with Gasteiger partial charge in [0.2, 0.25) is 5.91 Å². The third kappa shape index (κ3) is 5.20. The molecule has 2 aromatic carbocycles. The van der Waals surface area contributed by atoms with E-state index in [4.69, 9.17) is 4.42 Å². The number of carbonyl (C=O) groups is 2. The van der Waals surface area contributed by atoms with Gasteiger partial charge < -0.3 is 19.6 Å². The molecule has 2 aromatic heterocycles. The van der Waals surface area contributed by atoms with Crippen LogP contribution >= 0.6 is 0 Å². The minimum atomic E-state index is -0.497. The van der Waals surface area contributed by atoms with Crippen molar-refractivity contribution >= 4 is 34.5 Å². The van der Waals surface area contributed by atoms with E-state index in [0.29, 0.717) is 11.3 Å². The van der Waals surface area contributed by atoms with Crippen LogP contribution in [0.5, 0.6) is 0 Å². The van der Waals surface area contributed by atoms with Crippen LogP contribution in [-0.2, 0) is 22.7 Å². The van der Waals surface area contributed by atoms with Gasteiger partial charge in [-0.05, 0) is 48.9 Å². The van der Waals surface area contributed by atoms with E-state index in [1.54, 1.807) is 18.3 Å². The van der Waals surface area contributed by atoms with E-state index in [1.165, 1.54) is 12.3 Å². The Bertz CT molecular complexity index is 1370. The smallest absolute Gasteiger partial charge is 0.262 e. The van der Waals surface area contributed by atoms with E-state index in [1.807, 2.05) is 66.1 Å². The van der Waals surface area contributed by atoms with Crippen LogP contribution < -0.4 is 10.6 Å². The van der Waals surface area contributed by atoms with Gasteiger partial charge in [0.1, 0.15) is 23.9 Å². The molecule has 2 amide bonds. The Kier molecular flexibility index (Phi) is 6.37. The van der Waals surface area contributed by atoms with Crippen molar-refractivity contribution in [2.24, 2.45) is 0 Å². The van der Waals surface area contributed by atoms with Crippen LogP contribution in [0.2, 0.25) is 0 Å². The van der Waals surface area contributed by atoms with Crippen molar-refractivity contribution in [3.63, 3.8) is 0 Å². The molecule has 164 valence electrons. The number of furan rings is 1. The Hall–Kier alpha value is -4.57. The molecule has 0 spiro atoms. The number of amides is 2. The van der Waals surface area contributed by atoms with Crippen molar-refractivity contribution in [2.45, 2.75) is 20.0 Å². The SMILES string of the molecule is Cc1cccc(NC(=O)Cn2cc(/C=C(\C#N)C(=O)NCc3ccco3)c3ccccc32)c1. The molecular formula is C26H22N4O3. The van der Waals surface area contributed by atoms with Gasteiger partial charge >= 0.3 is 0 Å². The number of hydrogen-bond donors (Lipinski definition) is 2. The second-order valence-corrected chi connectivity index (χ2v) is 7.58. The van der Waals surface area contributed by atoms with Crippen molar-refractivity contribution in [2.75, 3.05) is 5.32 Å². The lowest BCUT2D eigenvalue weighted by Crippen LogP contribution is -2.23. The largest absolute Gasteiger partial charge is 0.467 e. The van der Waals surface area contributed by atoms with Gasteiger partial charge in [0.05, 0.1) is 12.8 Å². The van der Waals surface area contributed by atoms with Crippen LogP contribution in [0.25, 0.3) is 17.0 Å². The van der Waals surface area contributed by atoms with E-state index in [0.717, 1.165) is 22.2 Å². The van der Waals surface area contributed by atoms with Gasteiger partial charge in [-0.25, -0.2) is 0 Å². The fourth-order valence-corrected chi connectivity index (χ4v) is 3.58. The lowest BCUT2D eigenvalue weighted by molar-refractivity contribution is -0.117. The van der Waals surface area contributed by atoms with Crippen LogP contribution in [0.1, 0.15) is 16.9 Å². The Morgan fingerprint density at radius 3 is 2.73 bits per heavy atom. The average Bonchev–Trinajstić information content (AvgIpc) is 3.44. The summed E-state index contributed by atoms with van der Waals surface area (Å²) in [5, 5.41) is 16.0. The van der Waals surface area contributed by atoms with Gasteiger partial charge in [0, 0.05) is 28.4 Å². The Labute approximate surface area is 190 Å². The molecule has 7 heteroatoms. The van der Waals surface area contributed by atoms with Gasteiger partial charge in [0.25, 0.3) is 5.91 Å². The molecule has 0 saturated heterocycles. The first-order chi connectivity index (χ1) is 16.0. The zero-order valence-corrected chi connectivity index (χ0v) is 18.0. The first-order valence-electron chi connectivity index (χ1n) is 10.4. The molecule has 0 atom stereocenters. The summed E-state index contributed by atoms with van der Waals surface area (Å²) < 4.78 is 7.01. The quantitative estimate of drug-likeness (QED) is 0.330. The highest BCUT2D eigenvalue weighted by atomic mass is 16.3. The molecule has 33 heavy (non-hydrogen) atoms. The van der Waals surface area contributed by atoms with Crippen molar-refractivity contribution in [3.8, 4) is 6.07 Å². The maximum atomic E-state index is 12.7. The van der Waals surface area contributed by atoms with E-state index in [2.05, 4.69) is 10.6 Å². The molecule has 7 nitrogen and oxygen atoms in total. The highest BCUT2D eigenvalue weighted by molar-refractivity contribution is 6.04. The number of nitriles is 1. The summed E-state index contributed by atoms with van der Waals surface area (Å²) in [6, 6.07) is 20.6. The topological polar surface area (TPSA) is 100 Å². The lowest BCUT2D eigenvalue weighted by atomic mass is 10.1. The number of aromatic nitrogens is 1. The number of fused-ring (bicyclic) bond motifs is 1. The number of aryl methyl sites for hydroxylation is 1. The summed E-state index contributed by atoms with van der Waals surface area (Å²) in [6.07, 6.45) is 4.83. The average molecular weight is 438 g/mol. The maximum Gasteiger partial charge on any atom is 0.262 e. The van der Waals surface area contributed by atoms with Gasteiger partial charge in [-0.2, -0.15) is 5.26 Å². The van der Waals surface area contributed by atoms with Crippen LogP contribution in [0.4, 0.5) is 5.69 Å². The summed E-state index contributed by atoms with van der Waals surface area (Å²) in [7, 11) is 0. The van der Waals surface area contributed by atoms with Gasteiger partial charge in [0.15, 0.2) is 0 Å². The minimum Gasteiger partial charge on any atom is -0.467 e. The molecule has 0 bridgehead atoms. The predicted octanol–water partition coefficient (Wildman–Crippen LogP) is 4.40. The number of nitrogens with zero attached hydrogens (tertiary/aromatic N) is 2. The number of anilines is 1. The fraction of sp³-hybridized carbons (Fsp3) is 0.115. The van der Waals surface area contributed by atoms with Gasteiger partial charge in [-0.3, -0.25) is 9.59 Å². The highest BCUT2D eigenvalue weighted by Crippen LogP contribution is 2.24. The summed E-state index contributed by atoms with van der Waals surface area (Å²) in [4.78, 5) is 25.2. The number of nitrogens with one attached hydrogen (secondary N) is 2. The van der Waals surface area contributed by atoms with E-state index in [-0.39, 0.29) is 24.6 Å². The van der Waals surface area contributed by atoms with Crippen LogP contribution in [0.3, 0.4) is 0 Å². The molecule has 0 radical (unpaired) electrons. The molecular weight excluding hydrogens is 416 g/mol. The molecule has 2 N–H and O–H groups in total. The van der Waals surface area contributed by atoms with Crippen molar-refractivity contribution in [1.82, 2.24) is 9.88 Å². The molecule has 4 rings (SSSR count). The number of hydrogen-bond acceptors (Lipinski definition) is 4. The minimum absolute atomic E-state index is 0.0336. The molecule has 0 aliphatic carbocycles. The standard InChI is InChI=1S/C26H22N4O3/c1-18-6-4-7-21(12-18)29-25(31)17-30-16-20(23-9-2-3-10-24(23)30)13-19(14-27)26(32)28-15-22-8-5-11-33-22/h2-13,16H,15,17H2,1H3,(H,28,32)(H,29,31)/b19-13+. The first-order valence-corrected chi connectivity index (χ1v) is 10.4. The maximum absolute atomic E-state index is 12.7. The summed E-state index contributed by atoms with van der Waals surface area (Å²) >= 11 is 0. The second kappa shape index (κ2) is 9.71. The normalized spacial score (nSPS) is 11.2. The number of rotatable bonds is 7. The van der Waals surface area contributed by atoms with Gasteiger partial charge in [-0.1, -0.05) is 30.3 Å². The first kappa shape index (κ1) is 21.7. The molecule has 0 unspecified atom stereocenters. The summed E-state index contributed by atoms with van der Waals surface area (Å²) in [5.74, 6) is -0.0756. The van der Waals surface area contributed by atoms with Crippen molar-refractivity contribution in [1.29, 1.82) is 5.26 Å². The Balaban J connectivity index is 1.56. The molecule has 0 aliphatic rings. The second-order valence-electron chi connectivity index (χ2n) is 7.58. The lowest BCUT2D eigenvalue weighted by Gasteiger charge is -2.08. The highest BCUT2D eigenvalue weighted by Gasteiger charge is 2.14. The molecule has 4 aromatic rings. The predicted molar refractivity (Wildman–Crippen MR) is 126 cm³/mol. The third-order valence-electron chi connectivity index (χ3n) is 5.10. The fourth-order valence-electron chi connectivity index (χ4n) is 3.58. The number of para-hydroxylation sites is 1. The zero-order chi connectivity index (χ0) is 23.2. The van der Waals surface area contributed by atoms with Crippen LogP contribution in [0.15, 0.2) is 83.1 Å². The number of benzene rings is 2. The molecule has 2 heterocycles. The number of carbonyl (C=O) groups excluding carboxylic acids is 2. The molecule has 0 aliphatic heterocycles.